The van der Waals surface area contributed by atoms with Gasteiger partial charge in [-0.3, -0.25) is 15.0 Å². The standard InChI is InChI=1S/C26H24ClN7O/c1-16(2)23-12-25(34(32-23)20-6-4-5-18(27)11-20)31-26(35)30-19-9-7-17(8-10-19)21-13-28-15-24-22(21)14-29-33(24)3/h4-16H,1-3H3,(H2,30,31,35). The van der Waals surface area contributed by atoms with Crippen molar-refractivity contribution in [1.29, 1.82) is 0 Å². The number of aryl methyl sites for hydroxylation is 1. The lowest BCUT2D eigenvalue weighted by molar-refractivity contribution is 0.262. The smallest absolute Gasteiger partial charge is 0.308 e. The number of amides is 2. The molecule has 2 aromatic carbocycles. The second kappa shape index (κ2) is 9.23. The van der Waals surface area contributed by atoms with Gasteiger partial charge >= 0.3 is 6.03 Å². The molecule has 5 aromatic rings. The van der Waals surface area contributed by atoms with Crippen molar-refractivity contribution in [2.75, 3.05) is 10.6 Å². The second-order valence-electron chi connectivity index (χ2n) is 8.55. The molecule has 3 heterocycles. The van der Waals surface area contributed by atoms with Gasteiger partial charge < -0.3 is 5.32 Å². The summed E-state index contributed by atoms with van der Waals surface area (Å²) < 4.78 is 3.48. The number of hydrogen-bond donors (Lipinski definition) is 2. The number of fused-ring (bicyclic) bond motifs is 1. The van der Waals surface area contributed by atoms with Gasteiger partial charge in [0.25, 0.3) is 0 Å². The summed E-state index contributed by atoms with van der Waals surface area (Å²) in [5, 5.41) is 16.4. The van der Waals surface area contributed by atoms with Crippen molar-refractivity contribution >= 4 is 40.0 Å². The molecule has 0 spiro atoms. The summed E-state index contributed by atoms with van der Waals surface area (Å²) in [6.07, 6.45) is 5.45. The fraction of sp³-hybridized carbons (Fsp3) is 0.154. The molecule has 0 aliphatic rings. The van der Waals surface area contributed by atoms with Crippen LogP contribution in [0.25, 0.3) is 27.7 Å². The molecule has 35 heavy (non-hydrogen) atoms. The summed E-state index contributed by atoms with van der Waals surface area (Å²) in [6, 6.07) is 16.5. The van der Waals surface area contributed by atoms with Crippen molar-refractivity contribution in [3.05, 3.63) is 83.9 Å². The maximum atomic E-state index is 12.8. The molecule has 0 bridgehead atoms. The van der Waals surface area contributed by atoms with E-state index in [1.54, 1.807) is 27.7 Å². The molecule has 0 fully saturated rings. The predicted molar refractivity (Wildman–Crippen MR) is 139 cm³/mol. The van der Waals surface area contributed by atoms with Crippen LogP contribution in [0.3, 0.4) is 0 Å². The summed E-state index contributed by atoms with van der Waals surface area (Å²) in [7, 11) is 1.89. The van der Waals surface area contributed by atoms with Gasteiger partial charge in [-0.15, -0.1) is 0 Å². The Bertz CT molecular complexity index is 1520. The van der Waals surface area contributed by atoms with Crippen LogP contribution in [0.5, 0.6) is 0 Å². The summed E-state index contributed by atoms with van der Waals surface area (Å²) in [5.41, 5.74) is 5.22. The molecule has 0 radical (unpaired) electrons. The Labute approximate surface area is 207 Å². The normalized spacial score (nSPS) is 11.2. The van der Waals surface area contributed by atoms with Crippen LogP contribution in [-0.2, 0) is 7.05 Å². The van der Waals surface area contributed by atoms with E-state index in [9.17, 15) is 4.79 Å². The van der Waals surface area contributed by atoms with E-state index in [1.807, 2.05) is 61.9 Å². The average molecular weight is 486 g/mol. The number of benzene rings is 2. The van der Waals surface area contributed by atoms with Gasteiger partial charge in [0.05, 0.1) is 29.3 Å². The van der Waals surface area contributed by atoms with E-state index in [0.29, 0.717) is 16.5 Å². The topological polar surface area (TPSA) is 89.7 Å². The minimum atomic E-state index is -0.368. The molecular weight excluding hydrogens is 462 g/mol. The van der Waals surface area contributed by atoms with E-state index in [2.05, 4.69) is 39.7 Å². The van der Waals surface area contributed by atoms with E-state index >= 15 is 0 Å². The Morgan fingerprint density at radius 1 is 1.00 bits per heavy atom. The zero-order valence-corrected chi connectivity index (χ0v) is 20.3. The third-order valence-corrected chi connectivity index (χ3v) is 5.98. The van der Waals surface area contributed by atoms with Crippen LogP contribution in [0.1, 0.15) is 25.5 Å². The van der Waals surface area contributed by atoms with Crippen molar-refractivity contribution < 1.29 is 4.79 Å². The quantitative estimate of drug-likeness (QED) is 0.308. The largest absolute Gasteiger partial charge is 0.324 e. The highest BCUT2D eigenvalue weighted by Gasteiger charge is 2.15. The summed E-state index contributed by atoms with van der Waals surface area (Å²) in [5.74, 6) is 0.754. The van der Waals surface area contributed by atoms with Gasteiger partial charge in [0.15, 0.2) is 0 Å². The number of nitrogens with one attached hydrogen (secondary N) is 2. The maximum Gasteiger partial charge on any atom is 0.324 e. The first kappa shape index (κ1) is 22.6. The van der Waals surface area contributed by atoms with Crippen molar-refractivity contribution in [3.8, 4) is 16.8 Å². The van der Waals surface area contributed by atoms with Crippen molar-refractivity contribution in [2.45, 2.75) is 19.8 Å². The summed E-state index contributed by atoms with van der Waals surface area (Å²) in [4.78, 5) is 17.2. The number of aromatic nitrogens is 5. The number of pyridine rings is 1. The van der Waals surface area contributed by atoms with E-state index in [-0.39, 0.29) is 11.9 Å². The van der Waals surface area contributed by atoms with Crippen molar-refractivity contribution in [2.24, 2.45) is 7.05 Å². The molecule has 0 aliphatic carbocycles. The Hall–Kier alpha value is -4.17. The molecule has 0 atom stereocenters. The van der Waals surface area contributed by atoms with E-state index in [0.717, 1.165) is 33.4 Å². The molecule has 5 rings (SSSR count). The predicted octanol–water partition coefficient (Wildman–Crippen LogP) is 6.24. The average Bonchev–Trinajstić information content (AvgIpc) is 3.43. The van der Waals surface area contributed by atoms with Crippen molar-refractivity contribution in [3.63, 3.8) is 0 Å². The summed E-state index contributed by atoms with van der Waals surface area (Å²) >= 11 is 6.17. The third kappa shape index (κ3) is 4.61. The van der Waals surface area contributed by atoms with Crippen LogP contribution in [0.2, 0.25) is 5.02 Å². The molecule has 2 amide bonds. The van der Waals surface area contributed by atoms with Crippen LogP contribution in [0.4, 0.5) is 16.3 Å². The number of rotatable bonds is 5. The molecular formula is C26H24ClN7O. The number of urea groups is 1. The van der Waals surface area contributed by atoms with Gasteiger partial charge in [-0.1, -0.05) is 43.6 Å². The molecule has 2 N–H and O–H groups in total. The first-order valence-corrected chi connectivity index (χ1v) is 11.6. The summed E-state index contributed by atoms with van der Waals surface area (Å²) in [6.45, 7) is 4.11. The van der Waals surface area contributed by atoms with Gasteiger partial charge in [0.1, 0.15) is 5.82 Å². The lowest BCUT2D eigenvalue weighted by atomic mass is 10.0. The van der Waals surface area contributed by atoms with Gasteiger partial charge in [-0.25, -0.2) is 9.48 Å². The second-order valence-corrected chi connectivity index (χ2v) is 8.98. The SMILES string of the molecule is CC(C)c1cc(NC(=O)Nc2ccc(-c3cncc4c3cnn4C)cc2)n(-c2cccc(Cl)c2)n1. The Balaban J connectivity index is 1.35. The number of carbonyl (C=O) groups is 1. The lowest BCUT2D eigenvalue weighted by Gasteiger charge is -2.11. The lowest BCUT2D eigenvalue weighted by Crippen LogP contribution is -2.21. The maximum absolute atomic E-state index is 12.8. The Morgan fingerprint density at radius 2 is 1.80 bits per heavy atom. The molecule has 3 aromatic heterocycles. The molecule has 0 saturated carbocycles. The van der Waals surface area contributed by atoms with E-state index < -0.39 is 0 Å². The Morgan fingerprint density at radius 3 is 2.54 bits per heavy atom. The minimum Gasteiger partial charge on any atom is -0.308 e. The van der Waals surface area contributed by atoms with Gasteiger partial charge in [-0.05, 0) is 41.8 Å². The highest BCUT2D eigenvalue weighted by molar-refractivity contribution is 6.30. The van der Waals surface area contributed by atoms with Crippen LogP contribution < -0.4 is 10.6 Å². The number of halogens is 1. The Kier molecular flexibility index (Phi) is 5.96. The number of anilines is 2. The third-order valence-electron chi connectivity index (χ3n) is 5.74. The minimum absolute atomic E-state index is 0.199. The van der Waals surface area contributed by atoms with E-state index in [1.165, 1.54) is 0 Å². The zero-order valence-electron chi connectivity index (χ0n) is 19.5. The van der Waals surface area contributed by atoms with Crippen LogP contribution in [0.15, 0.2) is 73.2 Å². The zero-order chi connectivity index (χ0) is 24.5. The van der Waals surface area contributed by atoms with Crippen molar-refractivity contribution in [1.82, 2.24) is 24.5 Å². The van der Waals surface area contributed by atoms with Crippen LogP contribution in [0, 0.1) is 0 Å². The molecule has 176 valence electrons. The fourth-order valence-corrected chi connectivity index (χ4v) is 4.06. The number of hydrogen-bond acceptors (Lipinski definition) is 4. The molecule has 0 unspecified atom stereocenters. The molecule has 9 heteroatoms. The highest BCUT2D eigenvalue weighted by atomic mass is 35.5. The number of carbonyl (C=O) groups excluding carboxylic acids is 1. The first-order valence-electron chi connectivity index (χ1n) is 11.2. The number of nitrogens with zero attached hydrogens (tertiary/aromatic N) is 5. The fourth-order valence-electron chi connectivity index (χ4n) is 3.88. The monoisotopic (exact) mass is 485 g/mol. The highest BCUT2D eigenvalue weighted by Crippen LogP contribution is 2.28. The van der Waals surface area contributed by atoms with Crippen LogP contribution >= 0.6 is 11.6 Å². The van der Waals surface area contributed by atoms with Gasteiger partial charge in [-0.2, -0.15) is 10.2 Å². The van der Waals surface area contributed by atoms with Gasteiger partial charge in [0.2, 0.25) is 0 Å². The molecule has 0 aliphatic heterocycles. The molecule has 0 saturated heterocycles. The van der Waals surface area contributed by atoms with Gasteiger partial charge in [0, 0.05) is 41.0 Å². The first-order chi connectivity index (χ1) is 16.9. The van der Waals surface area contributed by atoms with Crippen LogP contribution in [-0.4, -0.2) is 30.6 Å². The molecule has 8 nitrogen and oxygen atoms in total. The van der Waals surface area contributed by atoms with E-state index in [4.69, 9.17) is 11.6 Å².